The van der Waals surface area contributed by atoms with E-state index >= 15 is 0 Å². The molecular weight excluding hydrogens is 567 g/mol. The number of methoxy groups -OCH3 is 1. The molecule has 4 aromatic heterocycles. The van der Waals surface area contributed by atoms with Crippen LogP contribution in [0.5, 0.6) is 5.88 Å². The van der Waals surface area contributed by atoms with Crippen LogP contribution in [0.1, 0.15) is 6.92 Å². The quantitative estimate of drug-likeness (QED) is 0.299. The van der Waals surface area contributed by atoms with Gasteiger partial charge in [-0.1, -0.05) is 0 Å². The summed E-state index contributed by atoms with van der Waals surface area (Å²) in [5.41, 5.74) is 1.98. The van der Waals surface area contributed by atoms with Gasteiger partial charge in [-0.25, -0.2) is 32.7 Å². The van der Waals surface area contributed by atoms with E-state index in [0.29, 0.717) is 54.3 Å². The lowest BCUT2D eigenvalue weighted by Gasteiger charge is -2.35. The summed E-state index contributed by atoms with van der Waals surface area (Å²) in [5.74, 6) is -0.885. The molecule has 1 amide bonds. The first-order valence-corrected chi connectivity index (χ1v) is 14.2. The first-order valence-electron chi connectivity index (χ1n) is 12.7. The highest BCUT2D eigenvalue weighted by molar-refractivity contribution is 7.92. The number of anilines is 2. The van der Waals surface area contributed by atoms with Gasteiger partial charge in [0.15, 0.2) is 17.4 Å². The maximum Gasteiger partial charge on any atom is 0.265 e. The minimum absolute atomic E-state index is 0.0164. The van der Waals surface area contributed by atoms with E-state index in [2.05, 4.69) is 24.7 Å². The van der Waals surface area contributed by atoms with Crippen molar-refractivity contribution in [3.8, 4) is 17.1 Å². The number of nitrogens with one attached hydrogen (secondary N) is 1. The molecule has 4 aromatic rings. The zero-order valence-electron chi connectivity index (χ0n) is 22.6. The van der Waals surface area contributed by atoms with Crippen LogP contribution in [0.3, 0.4) is 0 Å². The number of ketones is 1. The lowest BCUT2D eigenvalue weighted by molar-refractivity contribution is -0.126. The maximum absolute atomic E-state index is 14.2. The van der Waals surface area contributed by atoms with Gasteiger partial charge < -0.3 is 14.5 Å². The van der Waals surface area contributed by atoms with Crippen molar-refractivity contribution in [1.82, 2.24) is 29.8 Å². The third-order valence-corrected chi connectivity index (χ3v) is 7.82. The number of sulfonamides is 1. The molecule has 5 rings (SSSR count). The summed E-state index contributed by atoms with van der Waals surface area (Å²) in [6, 6.07) is 6.00. The summed E-state index contributed by atoms with van der Waals surface area (Å²) in [5, 5.41) is 0. The summed E-state index contributed by atoms with van der Waals surface area (Å²) < 4.78 is 47.6. The third-order valence-electron chi connectivity index (χ3n) is 6.42. The van der Waals surface area contributed by atoms with E-state index in [0.717, 1.165) is 12.3 Å². The van der Waals surface area contributed by atoms with Crippen LogP contribution in [0.4, 0.5) is 15.9 Å². The molecule has 13 nitrogen and oxygen atoms in total. The fourth-order valence-electron chi connectivity index (χ4n) is 4.36. The smallest absolute Gasteiger partial charge is 0.265 e. The molecule has 1 aliphatic rings. The molecule has 1 fully saturated rings. The molecular formula is C27H25FN8O5S. The molecule has 0 saturated carbocycles. The second-order valence-corrected chi connectivity index (χ2v) is 10.9. The van der Waals surface area contributed by atoms with Gasteiger partial charge in [0.1, 0.15) is 22.4 Å². The number of rotatable bonds is 8. The summed E-state index contributed by atoms with van der Waals surface area (Å²) >= 11 is 0. The van der Waals surface area contributed by atoms with Crippen LogP contribution < -0.4 is 14.4 Å². The van der Waals surface area contributed by atoms with Crippen molar-refractivity contribution in [1.29, 1.82) is 0 Å². The molecule has 1 N–H and O–H groups in total. The van der Waals surface area contributed by atoms with E-state index in [1.807, 2.05) is 4.90 Å². The molecule has 0 unspecified atom stereocenters. The largest absolute Gasteiger partial charge is 0.480 e. The molecule has 15 heteroatoms. The summed E-state index contributed by atoms with van der Waals surface area (Å²) in [6.07, 6.45) is 7.41. The molecule has 42 heavy (non-hydrogen) atoms. The second kappa shape index (κ2) is 11.8. The van der Waals surface area contributed by atoms with Crippen LogP contribution in [0.15, 0.2) is 66.2 Å². The third kappa shape index (κ3) is 6.00. The Kier molecular flexibility index (Phi) is 8.01. The van der Waals surface area contributed by atoms with E-state index in [1.54, 1.807) is 17.0 Å². The number of hydrogen-bond acceptors (Lipinski definition) is 11. The van der Waals surface area contributed by atoms with E-state index in [9.17, 15) is 22.4 Å². The maximum atomic E-state index is 14.2. The van der Waals surface area contributed by atoms with Gasteiger partial charge >= 0.3 is 0 Å². The van der Waals surface area contributed by atoms with Crippen LogP contribution >= 0.6 is 0 Å². The van der Waals surface area contributed by atoms with Crippen LogP contribution in [0, 0.1) is 5.82 Å². The van der Waals surface area contributed by atoms with Gasteiger partial charge in [-0.15, -0.1) is 0 Å². The van der Waals surface area contributed by atoms with Crippen molar-refractivity contribution in [2.75, 3.05) is 42.9 Å². The van der Waals surface area contributed by atoms with Gasteiger partial charge in [0, 0.05) is 50.2 Å². The Hall–Kier alpha value is -5.05. The monoisotopic (exact) mass is 592 g/mol. The Morgan fingerprint density at radius 1 is 1.05 bits per heavy atom. The summed E-state index contributed by atoms with van der Waals surface area (Å²) in [4.78, 5) is 47.9. The molecule has 0 radical (unpaired) electrons. The van der Waals surface area contributed by atoms with E-state index in [4.69, 9.17) is 9.72 Å². The van der Waals surface area contributed by atoms with E-state index in [1.165, 1.54) is 51.0 Å². The number of hydrogen-bond donors (Lipinski definition) is 1. The minimum Gasteiger partial charge on any atom is -0.480 e. The molecule has 1 aliphatic heterocycles. The number of carbonyl (C=O) groups excluding carboxylic acids is 2. The zero-order chi connectivity index (χ0) is 29.9. The lowest BCUT2D eigenvalue weighted by atomic mass is 10.1. The fraction of sp³-hybridized carbons (Fsp3) is 0.222. The van der Waals surface area contributed by atoms with Crippen molar-refractivity contribution in [2.24, 2.45) is 0 Å². The number of carbonyl (C=O) groups is 2. The highest BCUT2D eigenvalue weighted by Gasteiger charge is 2.24. The van der Waals surface area contributed by atoms with Crippen LogP contribution in [-0.4, -0.2) is 83.2 Å². The van der Waals surface area contributed by atoms with E-state index in [-0.39, 0.29) is 23.3 Å². The highest BCUT2D eigenvalue weighted by Crippen LogP contribution is 2.31. The topological polar surface area (TPSA) is 160 Å². The van der Waals surface area contributed by atoms with Gasteiger partial charge in [0.25, 0.3) is 10.0 Å². The molecule has 216 valence electrons. The Bertz CT molecular complexity index is 1810. The van der Waals surface area contributed by atoms with Crippen molar-refractivity contribution < 1.29 is 27.1 Å². The number of amides is 1. The van der Waals surface area contributed by atoms with Gasteiger partial charge in [0.2, 0.25) is 11.8 Å². The molecule has 0 spiro atoms. The Morgan fingerprint density at radius 3 is 2.55 bits per heavy atom. The number of allylic oxidation sites excluding steroid dienone is 1. The number of aromatic nitrogens is 5. The number of halogens is 1. The zero-order valence-corrected chi connectivity index (χ0v) is 23.4. The SMILES string of the molecule is COc1ncc(-c2ccc3ncnc(N4CCN(C(=O)/C=C/C(C)=O)CC4)c3n2)cc1NS(=O)(=O)c1ccncc1F. The summed E-state index contributed by atoms with van der Waals surface area (Å²) in [7, 11) is -3.00. The Balaban J connectivity index is 1.43. The number of nitrogens with zero attached hydrogens (tertiary/aromatic N) is 7. The normalized spacial score (nSPS) is 13.9. The lowest BCUT2D eigenvalue weighted by Crippen LogP contribution is -2.48. The van der Waals surface area contributed by atoms with Crippen molar-refractivity contribution in [3.63, 3.8) is 0 Å². The molecule has 1 saturated heterocycles. The van der Waals surface area contributed by atoms with Gasteiger partial charge in [0.05, 0.1) is 24.5 Å². The molecule has 5 heterocycles. The standard InChI is InChI=1S/C27H25FN8O5S/c1-17(37)3-6-24(38)35-9-11-36(12-10-35)26-25-21(31-16-32-26)5-4-20(33-25)18-13-22(27(41-2)30-14-18)34-42(39,40)23-7-8-29-15-19(23)28/h3-8,13-16,34H,9-12H2,1-2H3/b6-3+. The van der Waals surface area contributed by atoms with Crippen LogP contribution in [-0.2, 0) is 19.6 Å². The van der Waals surface area contributed by atoms with Gasteiger partial charge in [-0.2, -0.15) is 0 Å². The Labute approximate surface area is 240 Å². The van der Waals surface area contributed by atoms with E-state index < -0.39 is 20.7 Å². The van der Waals surface area contributed by atoms with Crippen LogP contribution in [0.2, 0.25) is 0 Å². The number of ether oxygens (including phenoxy) is 1. The molecule has 0 aliphatic carbocycles. The number of fused-ring (bicyclic) bond motifs is 1. The minimum atomic E-state index is -4.33. The number of pyridine rings is 3. The molecule has 0 aromatic carbocycles. The van der Waals surface area contributed by atoms with Crippen molar-refractivity contribution in [3.05, 3.63) is 67.2 Å². The first-order chi connectivity index (χ1) is 20.2. The molecule has 0 atom stereocenters. The predicted molar refractivity (Wildman–Crippen MR) is 151 cm³/mol. The van der Waals surface area contributed by atoms with Gasteiger partial charge in [-0.05, 0) is 37.3 Å². The predicted octanol–water partition coefficient (Wildman–Crippen LogP) is 2.22. The average molecular weight is 593 g/mol. The Morgan fingerprint density at radius 2 is 1.83 bits per heavy atom. The second-order valence-electron chi connectivity index (χ2n) is 9.21. The molecule has 0 bridgehead atoms. The average Bonchev–Trinajstić information content (AvgIpc) is 2.99. The fourth-order valence-corrected chi connectivity index (χ4v) is 5.46. The first kappa shape index (κ1) is 28.5. The van der Waals surface area contributed by atoms with Crippen LogP contribution in [0.25, 0.3) is 22.3 Å². The highest BCUT2D eigenvalue weighted by atomic mass is 32.2. The van der Waals surface area contributed by atoms with Gasteiger partial charge in [-0.3, -0.25) is 19.3 Å². The number of piperazine rings is 1. The van der Waals surface area contributed by atoms with Crippen molar-refractivity contribution in [2.45, 2.75) is 11.8 Å². The summed E-state index contributed by atoms with van der Waals surface area (Å²) in [6.45, 7) is 3.21. The van der Waals surface area contributed by atoms with Crippen molar-refractivity contribution >= 4 is 44.3 Å².